The van der Waals surface area contributed by atoms with Gasteiger partial charge in [-0.3, -0.25) is 0 Å². The molecule has 1 fully saturated rings. The van der Waals surface area contributed by atoms with Gasteiger partial charge in [-0.1, -0.05) is 0 Å². The second kappa shape index (κ2) is 3.41. The zero-order valence-corrected chi connectivity index (χ0v) is 7.95. The Morgan fingerprint density at radius 1 is 1.75 bits per heavy atom. The molecule has 1 aliphatic heterocycles. The van der Waals surface area contributed by atoms with E-state index < -0.39 is 0 Å². The maximum Gasteiger partial charge on any atom is 0.183 e. The van der Waals surface area contributed by atoms with Gasteiger partial charge in [0.15, 0.2) is 5.13 Å². The quantitative estimate of drug-likeness (QED) is 0.724. The summed E-state index contributed by atoms with van der Waals surface area (Å²) in [5, 5.41) is 9.85. The highest BCUT2D eigenvalue weighted by atomic mass is 32.1. The van der Waals surface area contributed by atoms with Crippen molar-refractivity contribution < 1.29 is 0 Å². The molecule has 66 valence electrons. The Kier molecular flexibility index (Phi) is 2.28. The van der Waals surface area contributed by atoms with E-state index in [9.17, 15) is 0 Å². The van der Waals surface area contributed by atoms with Crippen molar-refractivity contribution >= 4 is 16.5 Å². The number of nitrogens with zero attached hydrogens (tertiary/aromatic N) is 1. The summed E-state index contributed by atoms with van der Waals surface area (Å²) in [5.74, 6) is 0. The predicted molar refractivity (Wildman–Crippen MR) is 51.7 cm³/mol. The first-order valence-electron chi connectivity index (χ1n) is 4.24. The van der Waals surface area contributed by atoms with Crippen LogP contribution in [0.25, 0.3) is 0 Å². The van der Waals surface area contributed by atoms with Crippen LogP contribution in [0.15, 0.2) is 5.38 Å². The van der Waals surface area contributed by atoms with E-state index in [1.165, 1.54) is 6.42 Å². The van der Waals surface area contributed by atoms with Crippen LogP contribution in [-0.2, 0) is 0 Å². The van der Waals surface area contributed by atoms with E-state index in [2.05, 4.69) is 21.0 Å². The zero-order valence-electron chi connectivity index (χ0n) is 7.13. The molecule has 0 bridgehead atoms. The Morgan fingerprint density at radius 3 is 3.25 bits per heavy atom. The van der Waals surface area contributed by atoms with Crippen LogP contribution in [0.1, 0.15) is 12.1 Å². The van der Waals surface area contributed by atoms with Crippen molar-refractivity contribution in [1.82, 2.24) is 10.3 Å². The minimum atomic E-state index is 0.579. The van der Waals surface area contributed by atoms with Gasteiger partial charge in [-0.25, -0.2) is 4.98 Å². The second-order valence-electron chi connectivity index (χ2n) is 3.13. The van der Waals surface area contributed by atoms with Crippen molar-refractivity contribution in [3.63, 3.8) is 0 Å². The SMILES string of the molecule is Cc1csc(N[C@H]2CCNC2)n1. The largest absolute Gasteiger partial charge is 0.357 e. The maximum atomic E-state index is 4.35. The number of anilines is 1. The van der Waals surface area contributed by atoms with Crippen LogP contribution in [0.3, 0.4) is 0 Å². The minimum Gasteiger partial charge on any atom is -0.357 e. The van der Waals surface area contributed by atoms with Gasteiger partial charge in [0.2, 0.25) is 0 Å². The van der Waals surface area contributed by atoms with Gasteiger partial charge >= 0.3 is 0 Å². The van der Waals surface area contributed by atoms with Gasteiger partial charge in [-0.2, -0.15) is 0 Å². The highest BCUT2D eigenvalue weighted by Gasteiger charge is 2.14. The van der Waals surface area contributed by atoms with Crippen molar-refractivity contribution in [1.29, 1.82) is 0 Å². The average molecular weight is 183 g/mol. The van der Waals surface area contributed by atoms with Crippen molar-refractivity contribution in [3.05, 3.63) is 11.1 Å². The first kappa shape index (κ1) is 8.01. The third kappa shape index (κ3) is 1.76. The molecule has 12 heavy (non-hydrogen) atoms. The third-order valence-corrected chi connectivity index (χ3v) is 2.90. The summed E-state index contributed by atoms with van der Waals surface area (Å²) >= 11 is 1.69. The number of rotatable bonds is 2. The Balaban J connectivity index is 1.94. The molecule has 0 unspecified atom stereocenters. The summed E-state index contributed by atoms with van der Waals surface area (Å²) in [6.45, 7) is 4.22. The fraction of sp³-hybridized carbons (Fsp3) is 0.625. The normalized spacial score (nSPS) is 22.9. The van der Waals surface area contributed by atoms with E-state index in [0.29, 0.717) is 6.04 Å². The van der Waals surface area contributed by atoms with Crippen LogP contribution in [0.4, 0.5) is 5.13 Å². The van der Waals surface area contributed by atoms with E-state index in [-0.39, 0.29) is 0 Å². The molecule has 0 aromatic carbocycles. The lowest BCUT2D eigenvalue weighted by Crippen LogP contribution is -2.21. The maximum absolute atomic E-state index is 4.35. The molecule has 4 heteroatoms. The van der Waals surface area contributed by atoms with Crippen molar-refractivity contribution in [2.45, 2.75) is 19.4 Å². The molecular weight excluding hydrogens is 170 g/mol. The number of hydrogen-bond acceptors (Lipinski definition) is 4. The lowest BCUT2D eigenvalue weighted by molar-refractivity contribution is 0.791. The Morgan fingerprint density at radius 2 is 2.67 bits per heavy atom. The van der Waals surface area contributed by atoms with Crippen molar-refractivity contribution in [2.24, 2.45) is 0 Å². The molecule has 1 atom stereocenters. The number of thiazole rings is 1. The Bertz CT molecular complexity index is 253. The van der Waals surface area contributed by atoms with Gasteiger partial charge in [0.25, 0.3) is 0 Å². The molecule has 0 spiro atoms. The molecular formula is C8H13N3S. The molecule has 0 aliphatic carbocycles. The van der Waals surface area contributed by atoms with Gasteiger partial charge in [0.05, 0.1) is 5.69 Å². The number of aryl methyl sites for hydroxylation is 1. The lowest BCUT2D eigenvalue weighted by Gasteiger charge is -2.08. The van der Waals surface area contributed by atoms with E-state index in [0.717, 1.165) is 23.9 Å². The first-order chi connectivity index (χ1) is 5.84. The third-order valence-electron chi connectivity index (χ3n) is 2.01. The highest BCUT2D eigenvalue weighted by Crippen LogP contribution is 2.16. The molecule has 1 aromatic heterocycles. The second-order valence-corrected chi connectivity index (χ2v) is 3.99. The van der Waals surface area contributed by atoms with Crippen LogP contribution in [0.2, 0.25) is 0 Å². The number of aromatic nitrogens is 1. The molecule has 2 heterocycles. The molecule has 2 rings (SSSR count). The standard InChI is InChI=1S/C8H13N3S/c1-6-5-12-8(10-6)11-7-2-3-9-4-7/h5,7,9H,2-4H2,1H3,(H,10,11)/t7-/m0/s1. The molecule has 3 nitrogen and oxygen atoms in total. The average Bonchev–Trinajstić information content (AvgIpc) is 2.63. The zero-order chi connectivity index (χ0) is 8.39. The minimum absolute atomic E-state index is 0.579. The fourth-order valence-electron chi connectivity index (χ4n) is 1.37. The van der Waals surface area contributed by atoms with Crippen molar-refractivity contribution in [2.75, 3.05) is 18.4 Å². The topological polar surface area (TPSA) is 37.0 Å². The number of hydrogen-bond donors (Lipinski definition) is 2. The highest BCUT2D eigenvalue weighted by molar-refractivity contribution is 7.13. The molecule has 1 aliphatic rings. The summed E-state index contributed by atoms with van der Waals surface area (Å²) in [4.78, 5) is 4.35. The molecule has 1 aromatic rings. The molecule has 0 saturated carbocycles. The van der Waals surface area contributed by atoms with Crippen LogP contribution in [-0.4, -0.2) is 24.1 Å². The van der Waals surface area contributed by atoms with Crippen LogP contribution in [0, 0.1) is 6.92 Å². The van der Waals surface area contributed by atoms with Gasteiger partial charge in [-0.15, -0.1) is 11.3 Å². The van der Waals surface area contributed by atoms with Gasteiger partial charge < -0.3 is 10.6 Å². The van der Waals surface area contributed by atoms with E-state index >= 15 is 0 Å². The molecule has 1 saturated heterocycles. The molecule has 2 N–H and O–H groups in total. The van der Waals surface area contributed by atoms with E-state index in [1.54, 1.807) is 11.3 Å². The summed E-state index contributed by atoms with van der Waals surface area (Å²) in [6, 6.07) is 0.579. The predicted octanol–water partition coefficient (Wildman–Crippen LogP) is 1.23. The number of nitrogens with one attached hydrogen (secondary N) is 2. The molecule has 0 amide bonds. The Hall–Kier alpha value is -0.610. The van der Waals surface area contributed by atoms with Gasteiger partial charge in [0.1, 0.15) is 0 Å². The molecule has 0 radical (unpaired) electrons. The van der Waals surface area contributed by atoms with Crippen molar-refractivity contribution in [3.8, 4) is 0 Å². The van der Waals surface area contributed by atoms with E-state index in [1.807, 2.05) is 6.92 Å². The first-order valence-corrected chi connectivity index (χ1v) is 5.12. The van der Waals surface area contributed by atoms with Crippen LogP contribution in [0.5, 0.6) is 0 Å². The van der Waals surface area contributed by atoms with Crippen LogP contribution >= 0.6 is 11.3 Å². The monoisotopic (exact) mass is 183 g/mol. The lowest BCUT2D eigenvalue weighted by atomic mass is 10.3. The summed E-state index contributed by atoms with van der Waals surface area (Å²) in [5.41, 5.74) is 1.11. The summed E-state index contributed by atoms with van der Waals surface area (Å²) in [7, 11) is 0. The Labute approximate surface area is 76.2 Å². The van der Waals surface area contributed by atoms with Crippen LogP contribution < -0.4 is 10.6 Å². The fourth-order valence-corrected chi connectivity index (χ4v) is 2.14. The van der Waals surface area contributed by atoms with Gasteiger partial charge in [-0.05, 0) is 19.9 Å². The van der Waals surface area contributed by atoms with E-state index in [4.69, 9.17) is 0 Å². The van der Waals surface area contributed by atoms with Gasteiger partial charge in [0, 0.05) is 18.0 Å². The summed E-state index contributed by atoms with van der Waals surface area (Å²) in [6.07, 6.45) is 1.21. The summed E-state index contributed by atoms with van der Waals surface area (Å²) < 4.78 is 0. The smallest absolute Gasteiger partial charge is 0.183 e.